The first kappa shape index (κ1) is 16.1. The molecule has 6 heteroatoms. The highest BCUT2D eigenvalue weighted by molar-refractivity contribution is 5.97. The summed E-state index contributed by atoms with van der Waals surface area (Å²) in [6, 6.07) is 13.5. The lowest BCUT2D eigenvalue weighted by atomic mass is 9.97. The van der Waals surface area contributed by atoms with E-state index in [1.54, 1.807) is 6.33 Å². The Morgan fingerprint density at radius 3 is 2.96 bits per heavy atom. The van der Waals surface area contributed by atoms with Gasteiger partial charge in [0.2, 0.25) is 0 Å². The lowest BCUT2D eigenvalue weighted by Gasteiger charge is -2.31. The summed E-state index contributed by atoms with van der Waals surface area (Å²) < 4.78 is 7.89. The molecule has 1 unspecified atom stereocenters. The summed E-state index contributed by atoms with van der Waals surface area (Å²) >= 11 is 0. The number of likely N-dealkylation sites (tertiary alicyclic amines) is 1. The molecule has 0 N–H and O–H groups in total. The largest absolute Gasteiger partial charge is 0.440 e. The number of para-hydroxylation sites is 2. The van der Waals surface area contributed by atoms with E-state index in [4.69, 9.17) is 4.42 Å². The fourth-order valence-electron chi connectivity index (χ4n) is 3.88. The number of hydrogen-bond donors (Lipinski definition) is 0. The number of aryl methyl sites for hydroxylation is 1. The predicted molar refractivity (Wildman–Crippen MR) is 103 cm³/mol. The van der Waals surface area contributed by atoms with Crippen LogP contribution in [0.1, 0.15) is 35.0 Å². The van der Waals surface area contributed by atoms with Gasteiger partial charge in [-0.05, 0) is 43.2 Å². The van der Waals surface area contributed by atoms with Crippen LogP contribution in [0.2, 0.25) is 0 Å². The Hall–Kier alpha value is -3.15. The summed E-state index contributed by atoms with van der Waals surface area (Å²) in [5.74, 6) is 0.908. The van der Waals surface area contributed by atoms with Gasteiger partial charge in [0.05, 0.1) is 23.3 Å². The molecule has 4 aromatic rings. The van der Waals surface area contributed by atoms with Crippen molar-refractivity contribution >= 4 is 28.0 Å². The maximum absolute atomic E-state index is 13.0. The first-order chi connectivity index (χ1) is 13.2. The Morgan fingerprint density at radius 1 is 1.19 bits per heavy atom. The Labute approximate surface area is 156 Å². The van der Waals surface area contributed by atoms with E-state index in [0.717, 1.165) is 47.4 Å². The number of imidazole rings is 1. The smallest absolute Gasteiger partial charge is 0.253 e. The van der Waals surface area contributed by atoms with Crippen molar-refractivity contribution in [3.63, 3.8) is 0 Å². The molecule has 0 aliphatic carbocycles. The van der Waals surface area contributed by atoms with Crippen LogP contribution in [0.15, 0.2) is 53.2 Å². The van der Waals surface area contributed by atoms with Crippen LogP contribution in [0, 0.1) is 0 Å². The highest BCUT2D eigenvalue weighted by atomic mass is 16.3. The lowest BCUT2D eigenvalue weighted by molar-refractivity contribution is 0.0699. The predicted octanol–water partition coefficient (Wildman–Crippen LogP) is 3.73. The maximum atomic E-state index is 13.0. The number of carbonyl (C=O) groups is 1. The van der Waals surface area contributed by atoms with Crippen molar-refractivity contribution in [3.05, 3.63) is 60.2 Å². The van der Waals surface area contributed by atoms with E-state index in [0.29, 0.717) is 12.1 Å². The minimum absolute atomic E-state index is 0.0448. The van der Waals surface area contributed by atoms with Crippen LogP contribution in [0.4, 0.5) is 0 Å². The van der Waals surface area contributed by atoms with Crippen LogP contribution in [0.25, 0.3) is 22.1 Å². The molecule has 1 amide bonds. The van der Waals surface area contributed by atoms with Gasteiger partial charge in [0.1, 0.15) is 5.52 Å². The SMILES string of the molecule is Cn1cnc2cc(C(=O)N3CCCC(c4nc5ccccc5o4)C3)ccc21. The molecule has 1 aliphatic rings. The van der Waals surface area contributed by atoms with Crippen molar-refractivity contribution in [1.29, 1.82) is 0 Å². The molecule has 0 spiro atoms. The van der Waals surface area contributed by atoms with Crippen molar-refractivity contribution in [2.45, 2.75) is 18.8 Å². The van der Waals surface area contributed by atoms with Crippen molar-refractivity contribution < 1.29 is 9.21 Å². The molecule has 2 aromatic carbocycles. The fraction of sp³-hybridized carbons (Fsp3) is 0.286. The summed E-state index contributed by atoms with van der Waals surface area (Å²) in [5, 5.41) is 0. The number of piperidine rings is 1. The highest BCUT2D eigenvalue weighted by Crippen LogP contribution is 2.30. The van der Waals surface area contributed by atoms with E-state index in [-0.39, 0.29) is 11.8 Å². The number of benzene rings is 2. The standard InChI is InChI=1S/C21H20N4O2/c1-24-13-22-17-11-14(8-9-18(17)24)21(26)25-10-4-5-15(12-25)20-23-16-6-2-3-7-19(16)27-20/h2-3,6-9,11,13,15H,4-5,10,12H2,1H3. The number of hydrogen-bond acceptors (Lipinski definition) is 4. The summed E-state index contributed by atoms with van der Waals surface area (Å²) in [7, 11) is 1.95. The van der Waals surface area contributed by atoms with Crippen LogP contribution < -0.4 is 0 Å². The molecule has 3 heterocycles. The lowest BCUT2D eigenvalue weighted by Crippen LogP contribution is -2.39. The second-order valence-electron chi connectivity index (χ2n) is 7.17. The Morgan fingerprint density at radius 2 is 2.07 bits per heavy atom. The third kappa shape index (κ3) is 2.77. The van der Waals surface area contributed by atoms with Crippen molar-refractivity contribution in [1.82, 2.24) is 19.4 Å². The van der Waals surface area contributed by atoms with Gasteiger partial charge in [-0.3, -0.25) is 4.79 Å². The van der Waals surface area contributed by atoms with Crippen LogP contribution in [0.3, 0.4) is 0 Å². The quantitative estimate of drug-likeness (QED) is 0.546. The molecular formula is C21H20N4O2. The second kappa shape index (κ2) is 6.23. The number of rotatable bonds is 2. The third-order valence-corrected chi connectivity index (χ3v) is 5.34. The Kier molecular flexibility index (Phi) is 3.70. The van der Waals surface area contributed by atoms with Crippen molar-refractivity contribution in [2.75, 3.05) is 13.1 Å². The van der Waals surface area contributed by atoms with E-state index in [1.165, 1.54) is 0 Å². The molecule has 1 aliphatic heterocycles. The van der Waals surface area contributed by atoms with Crippen LogP contribution in [-0.2, 0) is 7.05 Å². The summed E-state index contributed by atoms with van der Waals surface area (Å²) in [4.78, 5) is 23.9. The van der Waals surface area contributed by atoms with E-state index in [9.17, 15) is 4.79 Å². The highest BCUT2D eigenvalue weighted by Gasteiger charge is 2.28. The normalized spacial score (nSPS) is 17.7. The van der Waals surface area contributed by atoms with Crippen molar-refractivity contribution in [3.8, 4) is 0 Å². The molecule has 136 valence electrons. The average molecular weight is 360 g/mol. The molecular weight excluding hydrogens is 340 g/mol. The zero-order valence-corrected chi connectivity index (χ0v) is 15.1. The van der Waals surface area contributed by atoms with Crippen LogP contribution in [0.5, 0.6) is 0 Å². The topological polar surface area (TPSA) is 64.2 Å². The van der Waals surface area contributed by atoms with Crippen LogP contribution in [-0.4, -0.2) is 38.4 Å². The van der Waals surface area contributed by atoms with Gasteiger partial charge in [0, 0.05) is 25.7 Å². The van der Waals surface area contributed by atoms with Gasteiger partial charge in [-0.1, -0.05) is 12.1 Å². The van der Waals surface area contributed by atoms with Gasteiger partial charge in [-0.25, -0.2) is 9.97 Å². The van der Waals surface area contributed by atoms with Crippen LogP contribution >= 0.6 is 0 Å². The summed E-state index contributed by atoms with van der Waals surface area (Å²) in [6.45, 7) is 1.39. The molecule has 5 rings (SSSR count). The summed E-state index contributed by atoms with van der Waals surface area (Å²) in [6.07, 6.45) is 3.69. The van der Waals surface area contributed by atoms with E-state index in [1.807, 2.05) is 59.0 Å². The molecule has 2 aromatic heterocycles. The number of aromatic nitrogens is 3. The third-order valence-electron chi connectivity index (χ3n) is 5.34. The molecule has 0 bridgehead atoms. The minimum atomic E-state index is 0.0448. The molecule has 1 saturated heterocycles. The van der Waals surface area contributed by atoms with Gasteiger partial charge in [-0.2, -0.15) is 0 Å². The number of nitrogens with zero attached hydrogens (tertiary/aromatic N) is 4. The summed E-state index contributed by atoms with van der Waals surface area (Å²) in [5.41, 5.74) is 4.22. The monoisotopic (exact) mass is 360 g/mol. The number of oxazole rings is 1. The average Bonchev–Trinajstić information content (AvgIpc) is 3.31. The number of carbonyl (C=O) groups excluding carboxylic acids is 1. The molecule has 1 atom stereocenters. The molecule has 0 radical (unpaired) electrons. The fourth-order valence-corrected chi connectivity index (χ4v) is 3.88. The van der Waals surface area contributed by atoms with E-state index < -0.39 is 0 Å². The van der Waals surface area contributed by atoms with Gasteiger partial charge in [0.15, 0.2) is 11.5 Å². The van der Waals surface area contributed by atoms with E-state index >= 15 is 0 Å². The number of fused-ring (bicyclic) bond motifs is 2. The first-order valence-electron chi connectivity index (χ1n) is 9.25. The zero-order chi connectivity index (χ0) is 18.4. The second-order valence-corrected chi connectivity index (χ2v) is 7.17. The van der Waals surface area contributed by atoms with Gasteiger partial charge in [0.25, 0.3) is 5.91 Å². The number of amides is 1. The molecule has 27 heavy (non-hydrogen) atoms. The first-order valence-corrected chi connectivity index (χ1v) is 9.25. The van der Waals surface area contributed by atoms with Gasteiger partial charge in [-0.15, -0.1) is 0 Å². The Bertz CT molecular complexity index is 1110. The van der Waals surface area contributed by atoms with E-state index in [2.05, 4.69) is 9.97 Å². The zero-order valence-electron chi connectivity index (χ0n) is 15.1. The van der Waals surface area contributed by atoms with Crippen molar-refractivity contribution in [2.24, 2.45) is 7.05 Å². The van der Waals surface area contributed by atoms with Gasteiger partial charge >= 0.3 is 0 Å². The van der Waals surface area contributed by atoms with Gasteiger partial charge < -0.3 is 13.9 Å². The molecule has 0 saturated carbocycles. The molecule has 6 nitrogen and oxygen atoms in total. The minimum Gasteiger partial charge on any atom is -0.440 e. The maximum Gasteiger partial charge on any atom is 0.253 e. The molecule has 1 fully saturated rings. The Balaban J connectivity index is 1.40.